The number of aliphatic hydroxyl groups excluding tert-OH is 1. The Morgan fingerprint density at radius 1 is 1.58 bits per heavy atom. The van der Waals surface area contributed by atoms with Crippen LogP contribution < -0.4 is 10.9 Å². The third-order valence-corrected chi connectivity index (χ3v) is 4.15. The molecule has 0 saturated heterocycles. The van der Waals surface area contributed by atoms with Crippen LogP contribution in [0.4, 0.5) is 5.69 Å². The summed E-state index contributed by atoms with van der Waals surface area (Å²) in [5, 5.41) is 16.3. The lowest BCUT2D eigenvalue weighted by molar-refractivity contribution is 0.266. The molecule has 6 heteroatoms. The summed E-state index contributed by atoms with van der Waals surface area (Å²) < 4.78 is 1.17. The van der Waals surface area contributed by atoms with Crippen molar-refractivity contribution in [1.82, 2.24) is 9.78 Å². The molecule has 1 aliphatic rings. The molecule has 1 unspecified atom stereocenters. The fourth-order valence-electron chi connectivity index (χ4n) is 2.64. The molecular formula is C13H20ClN3O2. The second-order valence-corrected chi connectivity index (χ2v) is 5.48. The summed E-state index contributed by atoms with van der Waals surface area (Å²) in [6, 6.07) is 0.287. The molecule has 106 valence electrons. The van der Waals surface area contributed by atoms with Crippen LogP contribution in [-0.2, 0) is 6.54 Å². The number of rotatable bonds is 5. The first-order valence-corrected chi connectivity index (χ1v) is 7.14. The molecule has 19 heavy (non-hydrogen) atoms. The number of aliphatic hydroxyl groups is 1. The Kier molecular flexibility index (Phi) is 4.82. The van der Waals surface area contributed by atoms with E-state index in [9.17, 15) is 4.79 Å². The molecule has 0 amide bonds. The molecule has 0 bridgehead atoms. The van der Waals surface area contributed by atoms with Crippen LogP contribution in [0.25, 0.3) is 0 Å². The van der Waals surface area contributed by atoms with E-state index in [0.717, 1.165) is 0 Å². The van der Waals surface area contributed by atoms with Crippen molar-refractivity contribution in [2.75, 3.05) is 11.9 Å². The number of nitrogens with zero attached hydrogens (tertiary/aromatic N) is 2. The first-order valence-electron chi connectivity index (χ1n) is 6.76. The van der Waals surface area contributed by atoms with E-state index in [0.29, 0.717) is 11.6 Å². The van der Waals surface area contributed by atoms with E-state index in [1.165, 1.54) is 30.4 Å². The molecule has 1 aromatic rings. The van der Waals surface area contributed by atoms with Crippen molar-refractivity contribution >= 4 is 17.3 Å². The molecule has 2 N–H and O–H groups in total. The summed E-state index contributed by atoms with van der Waals surface area (Å²) in [5.74, 6) is 0.635. The van der Waals surface area contributed by atoms with Gasteiger partial charge in [-0.2, -0.15) is 5.10 Å². The Balaban J connectivity index is 2.12. The van der Waals surface area contributed by atoms with Gasteiger partial charge in [-0.15, -0.1) is 0 Å². The molecule has 0 aromatic carbocycles. The molecule has 5 nitrogen and oxygen atoms in total. The number of halogens is 1. The van der Waals surface area contributed by atoms with Crippen molar-refractivity contribution in [3.8, 4) is 0 Å². The second-order valence-electron chi connectivity index (χ2n) is 5.10. The number of hydrogen-bond donors (Lipinski definition) is 2. The van der Waals surface area contributed by atoms with E-state index >= 15 is 0 Å². The minimum absolute atomic E-state index is 0.130. The Hall–Kier alpha value is -1.07. The Bertz CT molecular complexity index is 483. The topological polar surface area (TPSA) is 67.2 Å². The predicted molar refractivity (Wildman–Crippen MR) is 75.6 cm³/mol. The lowest BCUT2D eigenvalue weighted by Crippen LogP contribution is -2.29. The first kappa shape index (κ1) is 14.3. The van der Waals surface area contributed by atoms with Gasteiger partial charge in [-0.05, 0) is 25.7 Å². The minimum Gasteiger partial charge on any atom is -0.394 e. The van der Waals surface area contributed by atoms with Crippen LogP contribution in [0, 0.1) is 5.92 Å². The number of anilines is 1. The van der Waals surface area contributed by atoms with E-state index in [1.54, 1.807) is 6.20 Å². The summed E-state index contributed by atoms with van der Waals surface area (Å²) in [6.45, 7) is 2.15. The average molecular weight is 286 g/mol. The molecule has 2 rings (SSSR count). The standard InChI is InChI=1S/C13H20ClN3O2/c1-9(10-4-2-3-5-10)16-11-8-15-17(6-7-18)13(19)12(11)14/h8-10,16,18H,2-7H2,1H3. The van der Waals surface area contributed by atoms with E-state index in [-0.39, 0.29) is 29.8 Å². The zero-order valence-corrected chi connectivity index (χ0v) is 11.9. The van der Waals surface area contributed by atoms with Gasteiger partial charge in [0.15, 0.2) is 0 Å². The SMILES string of the molecule is CC(Nc1cnn(CCO)c(=O)c1Cl)C1CCCC1. The lowest BCUT2D eigenvalue weighted by Gasteiger charge is -2.22. The van der Waals surface area contributed by atoms with E-state index < -0.39 is 0 Å². The monoisotopic (exact) mass is 285 g/mol. The van der Waals surface area contributed by atoms with Gasteiger partial charge in [0.1, 0.15) is 5.02 Å². The highest BCUT2D eigenvalue weighted by molar-refractivity contribution is 6.32. The average Bonchev–Trinajstić information content (AvgIpc) is 2.92. The predicted octanol–water partition coefficient (Wildman–Crippen LogP) is 1.88. The quantitative estimate of drug-likeness (QED) is 0.867. The van der Waals surface area contributed by atoms with Gasteiger partial charge in [0.25, 0.3) is 5.56 Å². The van der Waals surface area contributed by atoms with Gasteiger partial charge in [0.05, 0.1) is 25.0 Å². The van der Waals surface area contributed by atoms with Crippen molar-refractivity contribution in [1.29, 1.82) is 0 Å². The highest BCUT2D eigenvalue weighted by Gasteiger charge is 2.22. The third-order valence-electron chi connectivity index (χ3n) is 3.79. The van der Waals surface area contributed by atoms with Crippen LogP contribution in [0.1, 0.15) is 32.6 Å². The molecular weight excluding hydrogens is 266 g/mol. The van der Waals surface area contributed by atoms with Crippen molar-refractivity contribution in [3.05, 3.63) is 21.6 Å². The molecule has 1 aliphatic carbocycles. The molecule has 0 spiro atoms. The Morgan fingerprint density at radius 3 is 2.89 bits per heavy atom. The van der Waals surface area contributed by atoms with Crippen molar-refractivity contribution in [3.63, 3.8) is 0 Å². The minimum atomic E-state index is -0.362. The summed E-state index contributed by atoms with van der Waals surface area (Å²) in [6.07, 6.45) is 6.56. The van der Waals surface area contributed by atoms with E-state index in [4.69, 9.17) is 16.7 Å². The lowest BCUT2D eigenvalue weighted by atomic mass is 10.00. The van der Waals surface area contributed by atoms with Gasteiger partial charge >= 0.3 is 0 Å². The van der Waals surface area contributed by atoms with Gasteiger partial charge < -0.3 is 10.4 Å². The Morgan fingerprint density at radius 2 is 2.26 bits per heavy atom. The fraction of sp³-hybridized carbons (Fsp3) is 0.692. The molecule has 1 atom stereocenters. The molecule has 1 heterocycles. The number of nitrogens with one attached hydrogen (secondary N) is 1. The van der Waals surface area contributed by atoms with Gasteiger partial charge in [0.2, 0.25) is 0 Å². The molecule has 1 fully saturated rings. The molecule has 1 saturated carbocycles. The van der Waals surface area contributed by atoms with Crippen molar-refractivity contribution in [2.45, 2.75) is 45.2 Å². The van der Waals surface area contributed by atoms with E-state index in [2.05, 4.69) is 17.3 Å². The van der Waals surface area contributed by atoms with Crippen LogP contribution in [0.2, 0.25) is 5.02 Å². The maximum Gasteiger partial charge on any atom is 0.287 e. The van der Waals surface area contributed by atoms with Crippen LogP contribution in [-0.4, -0.2) is 27.5 Å². The maximum atomic E-state index is 11.9. The van der Waals surface area contributed by atoms with Crippen LogP contribution in [0.15, 0.2) is 11.0 Å². The number of aromatic nitrogens is 2. The normalized spacial score (nSPS) is 17.6. The van der Waals surface area contributed by atoms with Gasteiger partial charge in [-0.3, -0.25) is 4.79 Å². The van der Waals surface area contributed by atoms with E-state index in [1.807, 2.05) is 0 Å². The largest absolute Gasteiger partial charge is 0.394 e. The third kappa shape index (κ3) is 3.28. The summed E-state index contributed by atoms with van der Waals surface area (Å²) in [7, 11) is 0. The van der Waals surface area contributed by atoms with Crippen molar-refractivity contribution < 1.29 is 5.11 Å². The van der Waals surface area contributed by atoms with Gasteiger partial charge in [0, 0.05) is 6.04 Å². The maximum absolute atomic E-state index is 11.9. The summed E-state index contributed by atoms with van der Waals surface area (Å²) in [5.41, 5.74) is 0.222. The second kappa shape index (κ2) is 6.39. The van der Waals surface area contributed by atoms with Crippen LogP contribution >= 0.6 is 11.6 Å². The van der Waals surface area contributed by atoms with Crippen LogP contribution in [0.5, 0.6) is 0 Å². The summed E-state index contributed by atoms with van der Waals surface area (Å²) in [4.78, 5) is 11.9. The highest BCUT2D eigenvalue weighted by Crippen LogP contribution is 2.29. The smallest absolute Gasteiger partial charge is 0.287 e. The van der Waals surface area contributed by atoms with Gasteiger partial charge in [-0.1, -0.05) is 24.4 Å². The molecule has 1 aromatic heterocycles. The van der Waals surface area contributed by atoms with Gasteiger partial charge in [-0.25, -0.2) is 4.68 Å². The van der Waals surface area contributed by atoms with Crippen LogP contribution in [0.3, 0.4) is 0 Å². The number of hydrogen-bond acceptors (Lipinski definition) is 4. The zero-order chi connectivity index (χ0) is 13.8. The molecule has 0 aliphatic heterocycles. The Labute approximate surface area is 117 Å². The zero-order valence-electron chi connectivity index (χ0n) is 11.1. The first-order chi connectivity index (χ1) is 9.13. The molecule has 0 radical (unpaired) electrons. The van der Waals surface area contributed by atoms with Crippen molar-refractivity contribution in [2.24, 2.45) is 5.92 Å². The highest BCUT2D eigenvalue weighted by atomic mass is 35.5. The fourth-order valence-corrected chi connectivity index (χ4v) is 2.84. The summed E-state index contributed by atoms with van der Waals surface area (Å²) >= 11 is 6.07.